The van der Waals surface area contributed by atoms with Crippen LogP contribution in [0.15, 0.2) is 30.3 Å². The lowest BCUT2D eigenvalue weighted by molar-refractivity contribution is -0.143. The Balaban J connectivity index is 1.55. The molecule has 7 heteroatoms. The molecule has 0 spiro atoms. The number of amides is 4. The minimum Gasteiger partial charge on any atom is -0.341 e. The third kappa shape index (κ3) is 4.97. The van der Waals surface area contributed by atoms with Crippen molar-refractivity contribution in [3.8, 4) is 0 Å². The molecule has 0 aromatic heterocycles. The molecule has 1 aliphatic carbocycles. The van der Waals surface area contributed by atoms with Gasteiger partial charge in [0.1, 0.15) is 0 Å². The van der Waals surface area contributed by atoms with Crippen LogP contribution in [-0.4, -0.2) is 71.1 Å². The molecule has 0 radical (unpaired) electrons. The number of nitrogens with zero attached hydrogens (tertiary/aromatic N) is 3. The van der Waals surface area contributed by atoms with Gasteiger partial charge in [0.25, 0.3) is 0 Å². The minimum atomic E-state index is -1.14. The van der Waals surface area contributed by atoms with Crippen LogP contribution in [0.25, 0.3) is 0 Å². The predicted octanol–water partition coefficient (Wildman–Crippen LogP) is 2.73. The van der Waals surface area contributed by atoms with E-state index in [-0.39, 0.29) is 36.5 Å². The Bertz CT molecular complexity index is 896. The molecule has 3 aliphatic rings. The first-order chi connectivity index (χ1) is 15.9. The Kier molecular flexibility index (Phi) is 7.15. The number of carbonyl (C=O) groups is 4. The zero-order chi connectivity index (χ0) is 23.4. The fourth-order valence-electron chi connectivity index (χ4n) is 5.69. The van der Waals surface area contributed by atoms with Gasteiger partial charge in [0.2, 0.25) is 23.6 Å². The Labute approximate surface area is 196 Å². The van der Waals surface area contributed by atoms with Crippen LogP contribution in [-0.2, 0) is 24.6 Å². The first kappa shape index (κ1) is 23.5. The summed E-state index contributed by atoms with van der Waals surface area (Å²) in [4.78, 5) is 57.1. The van der Waals surface area contributed by atoms with Crippen LogP contribution in [0.3, 0.4) is 0 Å². The predicted molar refractivity (Wildman–Crippen MR) is 124 cm³/mol. The topological polar surface area (TPSA) is 78.0 Å². The van der Waals surface area contributed by atoms with Crippen LogP contribution in [0.2, 0.25) is 0 Å². The van der Waals surface area contributed by atoms with E-state index < -0.39 is 5.41 Å². The molecule has 7 nitrogen and oxygen atoms in total. The lowest BCUT2D eigenvalue weighted by atomic mass is 9.75. The Morgan fingerprint density at radius 1 is 0.909 bits per heavy atom. The van der Waals surface area contributed by atoms with Crippen molar-refractivity contribution in [1.29, 1.82) is 0 Å². The van der Waals surface area contributed by atoms with E-state index in [2.05, 4.69) is 0 Å². The highest BCUT2D eigenvalue weighted by molar-refractivity contribution is 6.10. The highest BCUT2D eigenvalue weighted by Gasteiger charge is 2.54. The average Bonchev–Trinajstić information content (AvgIpc) is 2.99. The van der Waals surface area contributed by atoms with Gasteiger partial charge in [0.05, 0.1) is 5.41 Å². The van der Waals surface area contributed by atoms with Crippen LogP contribution in [0, 0.1) is 5.92 Å². The molecule has 178 valence electrons. The summed E-state index contributed by atoms with van der Waals surface area (Å²) < 4.78 is 0. The van der Waals surface area contributed by atoms with Gasteiger partial charge >= 0.3 is 0 Å². The van der Waals surface area contributed by atoms with Gasteiger partial charge in [-0.1, -0.05) is 49.6 Å². The molecule has 2 heterocycles. The zero-order valence-electron chi connectivity index (χ0n) is 19.6. The van der Waals surface area contributed by atoms with Gasteiger partial charge in [-0.3, -0.25) is 24.1 Å². The standard InChI is InChI=1S/C26H35N3O4/c1-20(30)27-13-8-14-28(16-15-27)23(31)17-26(22-11-6-3-7-12-22)18-24(32)29(25(26)33)19-21-9-4-2-5-10-21/h3,6-7,11-12,21H,2,4-5,8-10,13-19H2,1H3/t26-/m0/s1. The van der Waals surface area contributed by atoms with E-state index in [4.69, 9.17) is 0 Å². The highest BCUT2D eigenvalue weighted by atomic mass is 16.2. The van der Waals surface area contributed by atoms with Crippen molar-refractivity contribution in [2.75, 3.05) is 32.7 Å². The van der Waals surface area contributed by atoms with Gasteiger partial charge in [-0.25, -0.2) is 0 Å². The molecule has 4 amide bonds. The number of carbonyl (C=O) groups excluding carboxylic acids is 4. The van der Waals surface area contributed by atoms with E-state index in [9.17, 15) is 19.2 Å². The van der Waals surface area contributed by atoms with E-state index in [1.165, 1.54) is 11.3 Å². The molecule has 0 unspecified atom stereocenters. The molecule has 0 N–H and O–H groups in total. The Hall–Kier alpha value is -2.70. The second kappa shape index (κ2) is 10.1. The van der Waals surface area contributed by atoms with Gasteiger partial charge in [0.15, 0.2) is 0 Å². The molecule has 2 aliphatic heterocycles. The van der Waals surface area contributed by atoms with Gasteiger partial charge < -0.3 is 9.80 Å². The van der Waals surface area contributed by atoms with Gasteiger partial charge in [-0.2, -0.15) is 0 Å². The van der Waals surface area contributed by atoms with Gasteiger partial charge in [-0.05, 0) is 30.7 Å². The average molecular weight is 454 g/mol. The Morgan fingerprint density at radius 3 is 2.27 bits per heavy atom. The molecule has 2 saturated heterocycles. The van der Waals surface area contributed by atoms with Gasteiger partial charge in [0, 0.05) is 52.5 Å². The summed E-state index contributed by atoms with van der Waals surface area (Å²) in [6.07, 6.45) is 6.36. The summed E-state index contributed by atoms with van der Waals surface area (Å²) in [7, 11) is 0. The maximum atomic E-state index is 13.8. The quantitative estimate of drug-likeness (QED) is 0.643. The third-order valence-corrected chi connectivity index (χ3v) is 7.65. The van der Waals surface area contributed by atoms with E-state index >= 15 is 0 Å². The molecule has 1 aromatic rings. The highest BCUT2D eigenvalue weighted by Crippen LogP contribution is 2.41. The fraction of sp³-hybridized carbons (Fsp3) is 0.615. The smallest absolute Gasteiger partial charge is 0.240 e. The van der Waals surface area contributed by atoms with E-state index in [1.807, 2.05) is 30.3 Å². The molecule has 33 heavy (non-hydrogen) atoms. The van der Waals surface area contributed by atoms with Crippen molar-refractivity contribution in [2.45, 2.75) is 63.7 Å². The minimum absolute atomic E-state index is 0.0111. The normalized spacial score (nSPS) is 24.8. The SMILES string of the molecule is CC(=O)N1CCCN(C(=O)C[C@@]2(c3ccccc3)CC(=O)N(CC3CCCCC3)C2=O)CC1. The lowest BCUT2D eigenvalue weighted by Gasteiger charge is -2.31. The van der Waals surface area contributed by atoms with Crippen LogP contribution in [0.1, 0.15) is 63.9 Å². The van der Waals surface area contributed by atoms with Crippen LogP contribution in [0.4, 0.5) is 0 Å². The maximum Gasteiger partial charge on any atom is 0.240 e. The summed E-state index contributed by atoms with van der Waals surface area (Å²) in [5.41, 5.74) is -0.403. The summed E-state index contributed by atoms with van der Waals surface area (Å²) in [6, 6.07) is 9.33. The van der Waals surface area contributed by atoms with Crippen molar-refractivity contribution in [2.24, 2.45) is 5.92 Å². The molecular formula is C26H35N3O4. The third-order valence-electron chi connectivity index (χ3n) is 7.65. The van der Waals surface area contributed by atoms with Crippen molar-refractivity contribution in [1.82, 2.24) is 14.7 Å². The first-order valence-corrected chi connectivity index (χ1v) is 12.3. The fourth-order valence-corrected chi connectivity index (χ4v) is 5.69. The second-order valence-electron chi connectivity index (χ2n) is 9.86. The molecule has 1 atom stereocenters. The van der Waals surface area contributed by atoms with Crippen molar-refractivity contribution >= 4 is 23.6 Å². The number of imide groups is 1. The summed E-state index contributed by atoms with van der Waals surface area (Å²) >= 11 is 0. The van der Waals surface area contributed by atoms with Crippen LogP contribution < -0.4 is 0 Å². The monoisotopic (exact) mass is 453 g/mol. The van der Waals surface area contributed by atoms with Crippen molar-refractivity contribution in [3.05, 3.63) is 35.9 Å². The number of hydrogen-bond donors (Lipinski definition) is 0. The first-order valence-electron chi connectivity index (χ1n) is 12.3. The van der Waals surface area contributed by atoms with Crippen LogP contribution >= 0.6 is 0 Å². The summed E-state index contributed by atoms with van der Waals surface area (Å²) in [6.45, 7) is 4.16. The molecule has 1 aromatic carbocycles. The number of hydrogen-bond acceptors (Lipinski definition) is 4. The van der Waals surface area contributed by atoms with E-state index in [0.29, 0.717) is 45.1 Å². The lowest BCUT2D eigenvalue weighted by Crippen LogP contribution is -2.45. The molecule has 4 rings (SSSR count). The largest absolute Gasteiger partial charge is 0.341 e. The summed E-state index contributed by atoms with van der Waals surface area (Å²) in [5, 5.41) is 0. The maximum absolute atomic E-state index is 13.8. The van der Waals surface area contributed by atoms with E-state index in [0.717, 1.165) is 31.2 Å². The van der Waals surface area contributed by atoms with Crippen molar-refractivity contribution < 1.29 is 19.2 Å². The molecule has 3 fully saturated rings. The van der Waals surface area contributed by atoms with E-state index in [1.54, 1.807) is 16.7 Å². The number of rotatable bonds is 5. The number of likely N-dealkylation sites (tertiary alicyclic amines) is 1. The molecule has 0 bridgehead atoms. The number of benzene rings is 1. The zero-order valence-corrected chi connectivity index (χ0v) is 19.6. The van der Waals surface area contributed by atoms with Crippen LogP contribution in [0.5, 0.6) is 0 Å². The Morgan fingerprint density at radius 2 is 1.58 bits per heavy atom. The molecular weight excluding hydrogens is 418 g/mol. The summed E-state index contributed by atoms with van der Waals surface area (Å²) in [5.74, 6) is -0.138. The van der Waals surface area contributed by atoms with Gasteiger partial charge in [-0.15, -0.1) is 0 Å². The molecule has 1 saturated carbocycles. The van der Waals surface area contributed by atoms with Crippen molar-refractivity contribution in [3.63, 3.8) is 0 Å². The second-order valence-corrected chi connectivity index (χ2v) is 9.86.